The second-order valence-corrected chi connectivity index (χ2v) is 6.80. The third-order valence-electron chi connectivity index (χ3n) is 4.61. The predicted octanol–water partition coefficient (Wildman–Crippen LogP) is 4.77. The van der Waals surface area contributed by atoms with E-state index in [4.69, 9.17) is 10.3 Å². The van der Waals surface area contributed by atoms with Gasteiger partial charge in [-0.3, -0.25) is 4.99 Å². The number of benzene rings is 2. The molecule has 2 aromatic carbocycles. The summed E-state index contributed by atoms with van der Waals surface area (Å²) in [4.78, 5) is 4.79. The zero-order valence-electron chi connectivity index (χ0n) is 14.8. The molecule has 2 aromatic rings. The lowest BCUT2D eigenvalue weighted by molar-refractivity contribution is 0.699. The fraction of sp³-hybridized carbons (Fsp3) is 0.273. The molecule has 0 bridgehead atoms. The van der Waals surface area contributed by atoms with Gasteiger partial charge in [0.2, 0.25) is 0 Å². The minimum absolute atomic E-state index is 0.0578. The van der Waals surface area contributed by atoms with E-state index in [0.717, 1.165) is 30.1 Å². The summed E-state index contributed by atoms with van der Waals surface area (Å²) in [5.74, 6) is 0. The van der Waals surface area contributed by atoms with E-state index < -0.39 is 0 Å². The maximum absolute atomic E-state index is 8.54. The Morgan fingerprint density at radius 3 is 2.56 bits per heavy atom. The highest BCUT2D eigenvalue weighted by Gasteiger charge is 2.32. The summed E-state index contributed by atoms with van der Waals surface area (Å²) in [7, 11) is 0. The van der Waals surface area contributed by atoms with E-state index in [2.05, 4.69) is 79.9 Å². The molecule has 0 unspecified atom stereocenters. The van der Waals surface area contributed by atoms with Crippen LogP contribution in [-0.2, 0) is 12.0 Å². The molecule has 0 radical (unpaired) electrons. The van der Waals surface area contributed by atoms with Gasteiger partial charge in [0.25, 0.3) is 0 Å². The molecule has 0 amide bonds. The normalized spacial score (nSPS) is 15.0. The van der Waals surface area contributed by atoms with Crippen molar-refractivity contribution in [2.75, 3.05) is 6.54 Å². The number of nitrogens with one attached hydrogen (secondary N) is 1. The van der Waals surface area contributed by atoms with Crippen LogP contribution < -0.4 is 5.32 Å². The molecule has 3 rings (SSSR count). The van der Waals surface area contributed by atoms with Crippen LogP contribution in [0.5, 0.6) is 0 Å². The first-order valence-electron chi connectivity index (χ1n) is 8.64. The van der Waals surface area contributed by atoms with E-state index in [9.17, 15) is 0 Å². The van der Waals surface area contributed by atoms with Crippen molar-refractivity contribution < 1.29 is 0 Å². The van der Waals surface area contributed by atoms with Crippen molar-refractivity contribution in [1.82, 2.24) is 5.32 Å². The van der Waals surface area contributed by atoms with Crippen LogP contribution in [0.2, 0.25) is 0 Å². The predicted molar refractivity (Wildman–Crippen MR) is 104 cm³/mol. The second-order valence-electron chi connectivity index (χ2n) is 6.80. The van der Waals surface area contributed by atoms with Crippen LogP contribution in [0.25, 0.3) is 6.08 Å². The average molecular weight is 329 g/mol. The molecule has 1 aliphatic rings. The standard InChI is InChI=1S/C22H23N3/c1-22(2)19-6-3-4-7-20(19)25-21(22)13-12-17-8-10-18(11-9-17)16-24-15-5-14-23/h3-4,6-13,24H,5,15-16H2,1-2H3. The van der Waals surface area contributed by atoms with Gasteiger partial charge >= 0.3 is 0 Å². The number of allylic oxidation sites excluding steroid dienone is 1. The Hall–Kier alpha value is -2.70. The highest BCUT2D eigenvalue weighted by atomic mass is 14.8. The SMILES string of the molecule is CC1(C)C(C=Cc2ccc(CNCCC#N)cc2)=Nc2ccccc21. The number of nitriles is 1. The molecule has 0 fully saturated rings. The summed E-state index contributed by atoms with van der Waals surface area (Å²) in [6, 6.07) is 19.0. The summed E-state index contributed by atoms with van der Waals surface area (Å²) in [6.07, 6.45) is 4.79. The number of hydrogen-bond donors (Lipinski definition) is 1. The molecule has 0 saturated heterocycles. The Kier molecular flexibility index (Phi) is 5.11. The summed E-state index contributed by atoms with van der Waals surface area (Å²) >= 11 is 0. The highest BCUT2D eigenvalue weighted by molar-refractivity contribution is 6.10. The van der Waals surface area contributed by atoms with E-state index in [1.54, 1.807) is 0 Å². The van der Waals surface area contributed by atoms with Gasteiger partial charge in [-0.15, -0.1) is 0 Å². The van der Waals surface area contributed by atoms with Crippen molar-refractivity contribution in [2.45, 2.75) is 32.2 Å². The molecule has 1 aliphatic heterocycles. The quantitative estimate of drug-likeness (QED) is 0.776. The molecule has 25 heavy (non-hydrogen) atoms. The average Bonchev–Trinajstić information content (AvgIpc) is 2.89. The van der Waals surface area contributed by atoms with E-state index >= 15 is 0 Å². The lowest BCUT2D eigenvalue weighted by Gasteiger charge is -2.20. The Labute approximate surface area is 149 Å². The van der Waals surface area contributed by atoms with Crippen LogP contribution in [0.15, 0.2) is 59.6 Å². The summed E-state index contributed by atoms with van der Waals surface area (Å²) in [6.45, 7) is 5.96. The molecular weight excluding hydrogens is 306 g/mol. The lowest BCUT2D eigenvalue weighted by atomic mass is 9.81. The summed E-state index contributed by atoms with van der Waals surface area (Å²) in [5.41, 5.74) is 5.78. The van der Waals surface area contributed by atoms with Crippen LogP contribution in [0.4, 0.5) is 5.69 Å². The van der Waals surface area contributed by atoms with Crippen molar-refractivity contribution in [3.63, 3.8) is 0 Å². The van der Waals surface area contributed by atoms with Crippen LogP contribution >= 0.6 is 0 Å². The third kappa shape index (κ3) is 3.87. The Morgan fingerprint density at radius 2 is 1.84 bits per heavy atom. The van der Waals surface area contributed by atoms with Gasteiger partial charge in [-0.2, -0.15) is 5.26 Å². The van der Waals surface area contributed by atoms with Crippen molar-refractivity contribution in [2.24, 2.45) is 4.99 Å². The van der Waals surface area contributed by atoms with E-state index in [-0.39, 0.29) is 5.41 Å². The van der Waals surface area contributed by atoms with Crippen LogP contribution in [0.1, 0.15) is 37.0 Å². The molecule has 0 saturated carbocycles. The number of para-hydroxylation sites is 1. The first kappa shape index (κ1) is 17.1. The van der Waals surface area contributed by atoms with Crippen molar-refractivity contribution in [3.8, 4) is 6.07 Å². The lowest BCUT2D eigenvalue weighted by Crippen LogP contribution is -2.23. The fourth-order valence-corrected chi connectivity index (χ4v) is 3.05. The molecule has 0 aromatic heterocycles. The molecular formula is C22H23N3. The number of fused-ring (bicyclic) bond motifs is 1. The fourth-order valence-electron chi connectivity index (χ4n) is 3.05. The first-order chi connectivity index (χ1) is 12.1. The van der Waals surface area contributed by atoms with Gasteiger partial charge in [0.05, 0.1) is 17.5 Å². The maximum Gasteiger partial charge on any atom is 0.0674 e. The molecule has 1 heterocycles. The van der Waals surface area contributed by atoms with Gasteiger partial charge in [-0.05, 0) is 28.8 Å². The minimum Gasteiger partial charge on any atom is -0.312 e. The van der Waals surface area contributed by atoms with E-state index in [1.165, 1.54) is 11.1 Å². The summed E-state index contributed by atoms with van der Waals surface area (Å²) < 4.78 is 0. The smallest absolute Gasteiger partial charge is 0.0674 e. The van der Waals surface area contributed by atoms with Crippen molar-refractivity contribution >= 4 is 17.5 Å². The van der Waals surface area contributed by atoms with Gasteiger partial charge in [-0.1, -0.05) is 62.4 Å². The van der Waals surface area contributed by atoms with Crippen molar-refractivity contribution in [3.05, 3.63) is 71.3 Å². The molecule has 0 spiro atoms. The second kappa shape index (κ2) is 7.46. The monoisotopic (exact) mass is 329 g/mol. The molecule has 3 nitrogen and oxygen atoms in total. The van der Waals surface area contributed by atoms with Gasteiger partial charge in [0, 0.05) is 24.9 Å². The summed E-state index contributed by atoms with van der Waals surface area (Å²) in [5, 5.41) is 11.8. The number of hydrogen-bond acceptors (Lipinski definition) is 3. The first-order valence-corrected chi connectivity index (χ1v) is 8.64. The highest BCUT2D eigenvalue weighted by Crippen LogP contribution is 2.40. The van der Waals surface area contributed by atoms with Gasteiger partial charge in [0.1, 0.15) is 0 Å². The van der Waals surface area contributed by atoms with Crippen molar-refractivity contribution in [1.29, 1.82) is 5.26 Å². The maximum atomic E-state index is 8.54. The zero-order valence-corrected chi connectivity index (χ0v) is 14.8. The largest absolute Gasteiger partial charge is 0.312 e. The Morgan fingerprint density at radius 1 is 1.08 bits per heavy atom. The van der Waals surface area contributed by atoms with Gasteiger partial charge in [-0.25, -0.2) is 0 Å². The van der Waals surface area contributed by atoms with Gasteiger partial charge in [0.15, 0.2) is 0 Å². The Balaban J connectivity index is 1.66. The number of aliphatic imine (C=N–C) groups is 1. The van der Waals surface area contributed by atoms with Gasteiger partial charge < -0.3 is 5.32 Å². The molecule has 0 atom stereocenters. The molecule has 0 aliphatic carbocycles. The topological polar surface area (TPSA) is 48.2 Å². The number of rotatable bonds is 6. The van der Waals surface area contributed by atoms with E-state index in [1.807, 2.05) is 6.07 Å². The minimum atomic E-state index is -0.0578. The molecule has 3 heteroatoms. The molecule has 1 N–H and O–H groups in total. The van der Waals surface area contributed by atoms with Crippen LogP contribution in [0.3, 0.4) is 0 Å². The zero-order chi connectivity index (χ0) is 17.7. The van der Waals surface area contributed by atoms with Crippen LogP contribution in [-0.4, -0.2) is 12.3 Å². The third-order valence-corrected chi connectivity index (χ3v) is 4.61. The Bertz CT molecular complexity index is 836. The number of nitrogens with zero attached hydrogens (tertiary/aromatic N) is 2. The van der Waals surface area contributed by atoms with Crippen LogP contribution in [0, 0.1) is 11.3 Å². The van der Waals surface area contributed by atoms with E-state index in [0.29, 0.717) is 6.42 Å². The molecule has 126 valence electrons.